The molecule has 0 unspecified atom stereocenters. The van der Waals surface area contributed by atoms with Crippen molar-refractivity contribution >= 4 is 40.9 Å². The normalized spacial score (nSPS) is 12.5. The van der Waals surface area contributed by atoms with Crippen molar-refractivity contribution in [3.05, 3.63) is 94.5 Å². The van der Waals surface area contributed by atoms with Gasteiger partial charge in [0.2, 0.25) is 5.91 Å². The van der Waals surface area contributed by atoms with Crippen LogP contribution in [0, 0.1) is 0 Å². The minimum Gasteiger partial charge on any atom is -0.351 e. The Morgan fingerprint density at radius 2 is 1.77 bits per heavy atom. The van der Waals surface area contributed by atoms with Gasteiger partial charge in [0.1, 0.15) is 0 Å². The number of hydrogen-bond donors (Lipinski definition) is 1. The van der Waals surface area contributed by atoms with Crippen LogP contribution in [0.25, 0.3) is 0 Å². The number of carbonyl (C=O) groups excluding carboxylic acids is 2. The molecule has 4 nitrogen and oxygen atoms in total. The van der Waals surface area contributed by atoms with Gasteiger partial charge in [-0.2, -0.15) is 0 Å². The van der Waals surface area contributed by atoms with Crippen LogP contribution < -0.4 is 10.2 Å². The molecule has 2 amide bonds. The van der Waals surface area contributed by atoms with Crippen LogP contribution in [-0.2, 0) is 17.8 Å². The van der Waals surface area contributed by atoms with Gasteiger partial charge >= 0.3 is 0 Å². The molecule has 30 heavy (non-hydrogen) atoms. The van der Waals surface area contributed by atoms with Crippen LogP contribution in [0.5, 0.6) is 0 Å². The molecule has 0 radical (unpaired) electrons. The van der Waals surface area contributed by atoms with Gasteiger partial charge in [0.05, 0.1) is 5.75 Å². The third-order valence-electron chi connectivity index (χ3n) is 4.98. The van der Waals surface area contributed by atoms with Crippen molar-refractivity contribution in [1.82, 2.24) is 5.32 Å². The summed E-state index contributed by atoms with van der Waals surface area (Å²) in [6, 6.07) is 22.9. The van der Waals surface area contributed by atoms with Crippen molar-refractivity contribution in [1.29, 1.82) is 0 Å². The maximum atomic E-state index is 12.9. The molecule has 3 aromatic rings. The van der Waals surface area contributed by atoms with Crippen LogP contribution in [0.3, 0.4) is 0 Å². The lowest BCUT2D eigenvalue weighted by Gasteiger charge is -2.18. The van der Waals surface area contributed by atoms with Crippen LogP contribution in [-0.4, -0.2) is 24.1 Å². The van der Waals surface area contributed by atoms with E-state index in [1.54, 1.807) is 29.2 Å². The summed E-state index contributed by atoms with van der Waals surface area (Å²) in [5, 5.41) is 3.57. The first-order valence-corrected chi connectivity index (χ1v) is 11.1. The molecule has 0 bridgehead atoms. The third kappa shape index (κ3) is 4.86. The van der Waals surface area contributed by atoms with Gasteiger partial charge in [0.15, 0.2) is 0 Å². The first-order valence-electron chi connectivity index (χ1n) is 9.74. The molecule has 0 saturated carbocycles. The molecule has 1 N–H and O–H groups in total. The molecule has 152 valence electrons. The summed E-state index contributed by atoms with van der Waals surface area (Å²) in [6.45, 7) is 1.09. The maximum Gasteiger partial charge on any atom is 0.258 e. The van der Waals surface area contributed by atoms with E-state index in [1.807, 2.05) is 48.5 Å². The Bertz CT molecular complexity index is 1050. The number of fused-ring (bicyclic) bond motifs is 1. The molecule has 6 heteroatoms. The van der Waals surface area contributed by atoms with Crippen LogP contribution >= 0.6 is 23.4 Å². The minimum atomic E-state index is -0.0362. The lowest BCUT2D eigenvalue weighted by Crippen LogP contribution is -2.29. The van der Waals surface area contributed by atoms with Gasteiger partial charge in [0.25, 0.3) is 5.91 Å². The van der Waals surface area contributed by atoms with Gasteiger partial charge in [0, 0.05) is 34.3 Å². The zero-order valence-corrected chi connectivity index (χ0v) is 17.9. The Morgan fingerprint density at radius 1 is 1.00 bits per heavy atom. The Balaban J connectivity index is 1.38. The molecule has 1 aliphatic rings. The van der Waals surface area contributed by atoms with Gasteiger partial charge in [-0.3, -0.25) is 9.59 Å². The molecular weight excluding hydrogens is 416 g/mol. The standard InChI is InChI=1S/C24H21ClN2O2S/c25-20-10-8-19(9-11-20)24(29)27-13-12-18-7-6-17(14-22(18)27)15-26-23(28)16-30-21-4-2-1-3-5-21/h1-11,14H,12-13,15-16H2,(H,26,28). The average Bonchev–Trinajstić information content (AvgIpc) is 3.20. The fraction of sp³-hybridized carbons (Fsp3) is 0.167. The number of benzene rings is 3. The molecule has 0 aromatic heterocycles. The van der Waals surface area contributed by atoms with Crippen molar-refractivity contribution in [2.75, 3.05) is 17.2 Å². The number of nitrogens with zero attached hydrogens (tertiary/aromatic N) is 1. The second-order valence-electron chi connectivity index (χ2n) is 7.06. The van der Waals surface area contributed by atoms with Crippen LogP contribution in [0.15, 0.2) is 77.7 Å². The summed E-state index contributed by atoms with van der Waals surface area (Å²) in [6.07, 6.45) is 0.828. The van der Waals surface area contributed by atoms with E-state index in [4.69, 9.17) is 11.6 Å². The monoisotopic (exact) mass is 436 g/mol. The Hall–Kier alpha value is -2.76. The lowest BCUT2D eigenvalue weighted by molar-refractivity contribution is -0.118. The van der Waals surface area contributed by atoms with Crippen molar-refractivity contribution in [3.63, 3.8) is 0 Å². The van der Waals surface area contributed by atoms with Crippen LogP contribution in [0.2, 0.25) is 5.02 Å². The molecule has 1 heterocycles. The molecule has 0 fully saturated rings. The number of amides is 2. The maximum absolute atomic E-state index is 12.9. The second kappa shape index (κ2) is 9.37. The lowest BCUT2D eigenvalue weighted by atomic mass is 10.1. The number of rotatable bonds is 6. The third-order valence-corrected chi connectivity index (χ3v) is 6.25. The SMILES string of the molecule is O=C(CSc1ccccc1)NCc1ccc2c(c1)N(C(=O)c1ccc(Cl)cc1)CC2. The zero-order valence-electron chi connectivity index (χ0n) is 16.3. The van der Waals surface area contributed by atoms with E-state index in [0.717, 1.165) is 28.1 Å². The number of anilines is 1. The highest BCUT2D eigenvalue weighted by Crippen LogP contribution is 2.30. The van der Waals surface area contributed by atoms with Crippen molar-refractivity contribution in [3.8, 4) is 0 Å². The van der Waals surface area contributed by atoms with Gasteiger partial charge in [-0.1, -0.05) is 41.9 Å². The summed E-state index contributed by atoms with van der Waals surface area (Å²) < 4.78 is 0. The van der Waals surface area contributed by atoms with Crippen molar-refractivity contribution in [2.45, 2.75) is 17.9 Å². The smallest absolute Gasteiger partial charge is 0.258 e. The summed E-state index contributed by atoms with van der Waals surface area (Å²) in [7, 11) is 0. The fourth-order valence-corrected chi connectivity index (χ4v) is 4.29. The van der Waals surface area contributed by atoms with Crippen LogP contribution in [0.1, 0.15) is 21.5 Å². The Labute approximate surface area is 185 Å². The van der Waals surface area contributed by atoms with Crippen molar-refractivity contribution < 1.29 is 9.59 Å². The van der Waals surface area contributed by atoms with Crippen molar-refractivity contribution in [2.24, 2.45) is 0 Å². The highest BCUT2D eigenvalue weighted by Gasteiger charge is 2.25. The predicted octanol–water partition coefficient (Wildman–Crippen LogP) is 4.95. The molecule has 0 atom stereocenters. The fourth-order valence-electron chi connectivity index (χ4n) is 3.41. The number of halogens is 1. The van der Waals surface area contributed by atoms with Gasteiger partial charge < -0.3 is 10.2 Å². The highest BCUT2D eigenvalue weighted by atomic mass is 35.5. The molecule has 0 saturated heterocycles. The minimum absolute atomic E-state index is 0.0153. The van der Waals surface area contributed by atoms with E-state index in [0.29, 0.717) is 29.4 Å². The molecular formula is C24H21ClN2O2S. The van der Waals surface area contributed by atoms with E-state index >= 15 is 0 Å². The second-order valence-corrected chi connectivity index (χ2v) is 8.54. The quantitative estimate of drug-likeness (QED) is 0.556. The number of thioether (sulfide) groups is 1. The number of nitrogens with one attached hydrogen (secondary N) is 1. The molecule has 1 aliphatic heterocycles. The van der Waals surface area contributed by atoms with E-state index in [1.165, 1.54) is 11.8 Å². The van der Waals surface area contributed by atoms with Gasteiger partial charge in [-0.15, -0.1) is 11.8 Å². The molecule has 3 aromatic carbocycles. The Morgan fingerprint density at radius 3 is 2.53 bits per heavy atom. The summed E-state index contributed by atoms with van der Waals surface area (Å²) >= 11 is 7.45. The first kappa shape index (κ1) is 20.5. The summed E-state index contributed by atoms with van der Waals surface area (Å²) in [4.78, 5) is 28.0. The zero-order chi connectivity index (χ0) is 20.9. The largest absolute Gasteiger partial charge is 0.351 e. The first-order chi connectivity index (χ1) is 14.6. The van der Waals surface area contributed by atoms with E-state index in [2.05, 4.69) is 5.32 Å². The summed E-state index contributed by atoms with van der Waals surface area (Å²) in [5.41, 5.74) is 3.65. The topological polar surface area (TPSA) is 49.4 Å². The number of hydrogen-bond acceptors (Lipinski definition) is 3. The molecule has 0 aliphatic carbocycles. The van der Waals surface area contributed by atoms with E-state index in [9.17, 15) is 9.59 Å². The van der Waals surface area contributed by atoms with E-state index in [-0.39, 0.29) is 11.8 Å². The predicted molar refractivity (Wildman–Crippen MR) is 122 cm³/mol. The van der Waals surface area contributed by atoms with Gasteiger partial charge in [-0.25, -0.2) is 0 Å². The van der Waals surface area contributed by atoms with Crippen LogP contribution in [0.4, 0.5) is 5.69 Å². The Kier molecular flexibility index (Phi) is 6.41. The van der Waals surface area contributed by atoms with E-state index < -0.39 is 0 Å². The average molecular weight is 437 g/mol. The summed E-state index contributed by atoms with van der Waals surface area (Å²) in [5.74, 6) is 0.320. The number of carbonyl (C=O) groups is 2. The highest BCUT2D eigenvalue weighted by molar-refractivity contribution is 8.00. The van der Waals surface area contributed by atoms with Gasteiger partial charge in [-0.05, 0) is 60.0 Å². The molecule has 0 spiro atoms. The molecule has 4 rings (SSSR count).